The van der Waals surface area contributed by atoms with Gasteiger partial charge >= 0.3 is 0 Å². The average molecular weight is 472 g/mol. The van der Waals surface area contributed by atoms with Crippen LogP contribution in [-0.2, 0) is 4.79 Å². The van der Waals surface area contributed by atoms with E-state index in [1.165, 1.54) is 21.3 Å². The normalized spacial score (nSPS) is 22.5. The minimum Gasteiger partial charge on any atom is -0.493 e. The highest BCUT2D eigenvalue weighted by Crippen LogP contribution is 2.53. The van der Waals surface area contributed by atoms with Gasteiger partial charge in [0.05, 0.1) is 33.4 Å². The van der Waals surface area contributed by atoms with E-state index in [1.54, 1.807) is 30.3 Å². The first-order valence-corrected chi connectivity index (χ1v) is 10.9. The van der Waals surface area contributed by atoms with Crippen LogP contribution >= 0.6 is 0 Å². The molecule has 0 fully saturated rings. The fourth-order valence-corrected chi connectivity index (χ4v) is 4.88. The second-order valence-electron chi connectivity index (χ2n) is 8.12. The number of fused-ring (bicyclic) bond motifs is 2. The van der Waals surface area contributed by atoms with Gasteiger partial charge in [-0.1, -0.05) is 6.08 Å². The zero-order chi connectivity index (χ0) is 24.4. The number of benzene rings is 2. The maximum Gasteiger partial charge on any atom is 0.231 e. The molecule has 9 heteroatoms. The molecule has 3 N–H and O–H groups in total. The van der Waals surface area contributed by atoms with Crippen molar-refractivity contribution in [3.8, 4) is 28.7 Å². The number of carbonyl (C=O) groups is 1. The van der Waals surface area contributed by atoms with Crippen molar-refractivity contribution in [2.75, 3.05) is 41.3 Å². The van der Waals surface area contributed by atoms with Crippen molar-refractivity contribution in [1.29, 1.82) is 0 Å². The summed E-state index contributed by atoms with van der Waals surface area (Å²) < 4.78 is 27.6. The Kier molecular flexibility index (Phi) is 6.85. The highest BCUT2D eigenvalue weighted by molar-refractivity contribution is 5.82. The predicted molar refractivity (Wildman–Crippen MR) is 123 cm³/mol. The molecule has 0 aromatic heterocycles. The summed E-state index contributed by atoms with van der Waals surface area (Å²) in [6.07, 6.45) is 0.484. The second-order valence-corrected chi connectivity index (χ2v) is 8.12. The third-order valence-electron chi connectivity index (χ3n) is 6.44. The summed E-state index contributed by atoms with van der Waals surface area (Å²) in [4.78, 5) is 13.4. The molecule has 0 bridgehead atoms. The number of carbonyl (C=O) groups excluding carboxylic acids is 1. The lowest BCUT2D eigenvalue weighted by molar-refractivity contribution is -0.131. The summed E-state index contributed by atoms with van der Waals surface area (Å²) in [6.45, 7) is 3.57. The minimum absolute atomic E-state index is 0.0653. The zero-order valence-electron chi connectivity index (χ0n) is 19.4. The van der Waals surface area contributed by atoms with E-state index in [-0.39, 0.29) is 19.2 Å². The van der Waals surface area contributed by atoms with Gasteiger partial charge in [0, 0.05) is 25.0 Å². The smallest absolute Gasteiger partial charge is 0.231 e. The van der Waals surface area contributed by atoms with Gasteiger partial charge in [-0.2, -0.15) is 0 Å². The van der Waals surface area contributed by atoms with Gasteiger partial charge in [-0.25, -0.2) is 0 Å². The maximum absolute atomic E-state index is 13.4. The Morgan fingerprint density at radius 2 is 1.71 bits per heavy atom. The Bertz CT molecular complexity index is 1060. The molecular formula is C25H29NO8. The number of ether oxygens (including phenoxy) is 5. The van der Waals surface area contributed by atoms with E-state index in [9.17, 15) is 15.0 Å². The molecule has 34 heavy (non-hydrogen) atoms. The van der Waals surface area contributed by atoms with Gasteiger partial charge in [0.1, 0.15) is 0 Å². The lowest BCUT2D eigenvalue weighted by Gasteiger charge is -2.41. The molecule has 9 nitrogen and oxygen atoms in total. The number of aliphatic hydroxyl groups is 2. The van der Waals surface area contributed by atoms with Crippen molar-refractivity contribution in [3.63, 3.8) is 0 Å². The first-order valence-electron chi connectivity index (χ1n) is 10.9. The molecule has 2 aliphatic rings. The van der Waals surface area contributed by atoms with E-state index >= 15 is 0 Å². The molecule has 0 spiro atoms. The topological polar surface area (TPSA) is 116 Å². The van der Waals surface area contributed by atoms with Crippen LogP contribution in [-0.4, -0.2) is 57.4 Å². The lowest BCUT2D eigenvalue weighted by atomic mass is 9.64. The summed E-state index contributed by atoms with van der Waals surface area (Å²) in [6, 6.07) is 7.06. The van der Waals surface area contributed by atoms with Crippen LogP contribution in [0.2, 0.25) is 0 Å². The number of rotatable bonds is 8. The first kappa shape index (κ1) is 23.7. The Labute approximate surface area is 197 Å². The zero-order valence-corrected chi connectivity index (χ0v) is 19.4. The maximum atomic E-state index is 13.4. The Morgan fingerprint density at radius 1 is 1.09 bits per heavy atom. The molecule has 4 rings (SSSR count). The third-order valence-corrected chi connectivity index (χ3v) is 6.44. The number of hydrogen-bond acceptors (Lipinski definition) is 8. The van der Waals surface area contributed by atoms with E-state index < -0.39 is 30.5 Å². The van der Waals surface area contributed by atoms with E-state index in [1.807, 2.05) is 0 Å². The van der Waals surface area contributed by atoms with Crippen molar-refractivity contribution >= 4 is 5.91 Å². The van der Waals surface area contributed by atoms with Crippen LogP contribution in [0.4, 0.5) is 0 Å². The number of hydrogen-bond donors (Lipinski definition) is 3. The number of nitrogens with one attached hydrogen (secondary N) is 1. The van der Waals surface area contributed by atoms with Crippen LogP contribution < -0.4 is 29.0 Å². The van der Waals surface area contributed by atoms with Crippen LogP contribution in [0.3, 0.4) is 0 Å². The molecule has 0 saturated heterocycles. The molecule has 2 aromatic rings. The van der Waals surface area contributed by atoms with Crippen molar-refractivity contribution in [2.45, 2.75) is 12.0 Å². The van der Waals surface area contributed by atoms with Gasteiger partial charge in [-0.15, -0.1) is 6.58 Å². The van der Waals surface area contributed by atoms with E-state index in [0.717, 1.165) is 0 Å². The summed E-state index contributed by atoms with van der Waals surface area (Å²) in [5, 5.41) is 24.3. The molecule has 2 aromatic carbocycles. The number of aliphatic hydroxyl groups excluding tert-OH is 2. The summed E-state index contributed by atoms with van der Waals surface area (Å²) >= 11 is 0. The Morgan fingerprint density at radius 3 is 2.24 bits per heavy atom. The van der Waals surface area contributed by atoms with Crippen LogP contribution in [0.25, 0.3) is 0 Å². The summed E-state index contributed by atoms with van der Waals surface area (Å²) in [7, 11) is 4.55. The highest BCUT2D eigenvalue weighted by Gasteiger charge is 2.47. The molecule has 0 unspecified atom stereocenters. The van der Waals surface area contributed by atoms with Crippen molar-refractivity contribution in [1.82, 2.24) is 5.32 Å². The van der Waals surface area contributed by atoms with E-state index in [4.69, 9.17) is 23.7 Å². The molecular weight excluding hydrogens is 442 g/mol. The molecule has 0 saturated carbocycles. The van der Waals surface area contributed by atoms with Crippen molar-refractivity contribution in [2.24, 2.45) is 11.8 Å². The third kappa shape index (κ3) is 3.91. The minimum atomic E-state index is -1.09. The molecule has 1 amide bonds. The average Bonchev–Trinajstić information content (AvgIpc) is 3.32. The van der Waals surface area contributed by atoms with E-state index in [2.05, 4.69) is 11.9 Å². The molecule has 1 aliphatic heterocycles. The molecule has 4 atom stereocenters. The number of amides is 1. The van der Waals surface area contributed by atoms with E-state index in [0.29, 0.717) is 45.4 Å². The summed E-state index contributed by atoms with van der Waals surface area (Å²) in [5.41, 5.74) is 1.95. The number of methoxy groups -OCH3 is 3. The second kappa shape index (κ2) is 9.82. The van der Waals surface area contributed by atoms with Gasteiger partial charge in [-0.05, 0) is 41.0 Å². The van der Waals surface area contributed by atoms with Gasteiger partial charge in [0.25, 0.3) is 0 Å². The Balaban J connectivity index is 1.97. The van der Waals surface area contributed by atoms with Crippen LogP contribution in [0, 0.1) is 11.8 Å². The highest BCUT2D eigenvalue weighted by atomic mass is 16.7. The molecule has 1 aliphatic carbocycles. The van der Waals surface area contributed by atoms with Gasteiger partial charge in [0.2, 0.25) is 18.4 Å². The van der Waals surface area contributed by atoms with Crippen molar-refractivity contribution < 1.29 is 38.7 Å². The van der Waals surface area contributed by atoms with Crippen LogP contribution in [0.5, 0.6) is 28.7 Å². The SMILES string of the molecule is C=CCNC(=O)[C@@H]1[C@H](c2cc(OC)c(OC)c(OC)c2)c2cc3c(cc2[C@H](O)[C@H]1CO)OCO3. The lowest BCUT2D eigenvalue weighted by Crippen LogP contribution is -2.45. The fraction of sp³-hybridized carbons (Fsp3) is 0.400. The van der Waals surface area contributed by atoms with Crippen LogP contribution in [0.15, 0.2) is 36.9 Å². The fourth-order valence-electron chi connectivity index (χ4n) is 4.88. The standard InChI is InChI=1S/C25H29NO8/c1-5-6-26-25(29)22-16(11-27)23(28)15-10-18-17(33-12-34-18)9-14(15)21(22)13-7-19(30-2)24(32-4)20(8-13)31-3/h5,7-10,16,21-23,27-28H,1,6,11-12H2,2-4H3,(H,26,29)/t16-,21+,22-,23-/m0/s1. The Hall–Kier alpha value is -3.43. The van der Waals surface area contributed by atoms with Gasteiger partial charge in [-0.3, -0.25) is 4.79 Å². The summed E-state index contributed by atoms with van der Waals surface area (Å²) in [5.74, 6) is -0.168. The van der Waals surface area contributed by atoms with Crippen molar-refractivity contribution in [3.05, 3.63) is 53.6 Å². The first-order chi connectivity index (χ1) is 16.5. The molecule has 0 radical (unpaired) electrons. The van der Waals surface area contributed by atoms with Gasteiger partial charge in [0.15, 0.2) is 23.0 Å². The monoisotopic (exact) mass is 471 g/mol. The van der Waals surface area contributed by atoms with Gasteiger partial charge < -0.3 is 39.2 Å². The quantitative estimate of drug-likeness (QED) is 0.502. The predicted octanol–water partition coefficient (Wildman–Crippen LogP) is 2.15. The molecule has 1 heterocycles. The van der Waals surface area contributed by atoms with Crippen LogP contribution in [0.1, 0.15) is 28.7 Å². The molecule has 182 valence electrons. The largest absolute Gasteiger partial charge is 0.493 e.